The van der Waals surface area contributed by atoms with Crippen LogP contribution in [-0.2, 0) is 6.42 Å². The van der Waals surface area contributed by atoms with E-state index in [2.05, 4.69) is 29.1 Å². The summed E-state index contributed by atoms with van der Waals surface area (Å²) in [4.78, 5) is 8.48. The van der Waals surface area contributed by atoms with E-state index in [-0.39, 0.29) is 17.7 Å². The summed E-state index contributed by atoms with van der Waals surface area (Å²) in [6.07, 6.45) is 4.43. The number of hydrogen-bond donors (Lipinski definition) is 2. The van der Waals surface area contributed by atoms with Gasteiger partial charge in [0.1, 0.15) is 11.5 Å². The Kier molecular flexibility index (Phi) is 6.76. The van der Waals surface area contributed by atoms with E-state index in [1.54, 1.807) is 18.5 Å². The van der Waals surface area contributed by atoms with Crippen LogP contribution in [0, 0.1) is 12.7 Å². The van der Waals surface area contributed by atoms with Gasteiger partial charge in [0.2, 0.25) is 0 Å². The van der Waals surface area contributed by atoms with Gasteiger partial charge >= 0.3 is 0 Å². The summed E-state index contributed by atoms with van der Waals surface area (Å²) in [6.45, 7) is 6.03. The van der Waals surface area contributed by atoms with Crippen molar-refractivity contribution in [2.45, 2.75) is 39.7 Å². The Balaban J connectivity index is 2.55. The smallest absolute Gasteiger partial charge is 0.151 e. The van der Waals surface area contributed by atoms with Crippen molar-refractivity contribution in [1.29, 1.82) is 0 Å². The van der Waals surface area contributed by atoms with Crippen LogP contribution in [0.1, 0.15) is 37.1 Å². The molecule has 25 heavy (non-hydrogen) atoms. The van der Waals surface area contributed by atoms with E-state index in [4.69, 9.17) is 17.3 Å². The van der Waals surface area contributed by atoms with Crippen molar-refractivity contribution in [3.63, 3.8) is 0 Å². The number of hydrogen-bond acceptors (Lipinski definition) is 4. The number of benzene rings is 1. The summed E-state index contributed by atoms with van der Waals surface area (Å²) >= 11 is 6.24. The van der Waals surface area contributed by atoms with Crippen LogP contribution in [0.15, 0.2) is 36.2 Å². The Morgan fingerprint density at radius 3 is 2.64 bits per heavy atom. The predicted molar refractivity (Wildman–Crippen MR) is 102 cm³/mol. The van der Waals surface area contributed by atoms with E-state index in [9.17, 15) is 4.39 Å². The van der Waals surface area contributed by atoms with E-state index >= 15 is 0 Å². The molecule has 2 aromatic rings. The third kappa shape index (κ3) is 4.69. The Hall–Kier alpha value is -2.14. The van der Waals surface area contributed by atoms with Crippen molar-refractivity contribution in [3.8, 4) is 0 Å². The molecule has 1 heterocycles. The first kappa shape index (κ1) is 19.2. The second kappa shape index (κ2) is 8.81. The van der Waals surface area contributed by atoms with Crippen LogP contribution < -0.4 is 11.1 Å². The number of nitrogens with two attached hydrogens (primary N) is 1. The largest absolute Gasteiger partial charge is 0.382 e. The van der Waals surface area contributed by atoms with Crippen LogP contribution in [0.3, 0.4) is 0 Å². The fourth-order valence-electron chi connectivity index (χ4n) is 2.53. The van der Waals surface area contributed by atoms with Crippen molar-refractivity contribution in [2.24, 2.45) is 0 Å². The maximum absolute atomic E-state index is 14.3. The molecule has 1 unspecified atom stereocenters. The quantitative estimate of drug-likeness (QED) is 0.728. The predicted octanol–water partition coefficient (Wildman–Crippen LogP) is 4.09. The van der Waals surface area contributed by atoms with E-state index in [1.807, 2.05) is 13.0 Å². The molecule has 0 radical (unpaired) electrons. The number of anilines is 1. The van der Waals surface area contributed by atoms with Crippen LogP contribution in [0.5, 0.6) is 0 Å². The highest BCUT2D eigenvalue weighted by Gasteiger charge is 2.18. The zero-order valence-corrected chi connectivity index (χ0v) is 15.6. The normalized spacial score (nSPS) is 13.3. The number of halogens is 2. The molecule has 0 saturated carbocycles. The van der Waals surface area contributed by atoms with Crippen molar-refractivity contribution in [1.82, 2.24) is 15.3 Å². The fourth-order valence-corrected chi connectivity index (χ4v) is 2.76. The summed E-state index contributed by atoms with van der Waals surface area (Å²) in [5.74, 6) is 0.321. The molecule has 4 nitrogen and oxygen atoms in total. The highest BCUT2D eigenvalue weighted by Crippen LogP contribution is 2.25. The third-order valence-corrected chi connectivity index (χ3v) is 4.55. The van der Waals surface area contributed by atoms with E-state index in [0.29, 0.717) is 23.5 Å². The summed E-state index contributed by atoms with van der Waals surface area (Å²) in [5, 5.41) is 3.42. The summed E-state index contributed by atoms with van der Waals surface area (Å²) in [6, 6.07) is 5.25. The maximum Gasteiger partial charge on any atom is 0.151 e. The third-order valence-electron chi connectivity index (χ3n) is 4.22. The monoisotopic (exact) mass is 362 g/mol. The highest BCUT2D eigenvalue weighted by atomic mass is 35.5. The Labute approximate surface area is 153 Å². The number of rotatable bonds is 7. The summed E-state index contributed by atoms with van der Waals surface area (Å²) < 4.78 is 14.3. The van der Waals surface area contributed by atoms with Gasteiger partial charge in [0.25, 0.3) is 0 Å². The maximum atomic E-state index is 14.3. The molecule has 6 heteroatoms. The molecule has 1 aromatic carbocycles. The molecule has 0 amide bonds. The zero-order chi connectivity index (χ0) is 18.4. The first-order valence-corrected chi connectivity index (χ1v) is 8.86. The van der Waals surface area contributed by atoms with Gasteiger partial charge in [-0.15, -0.1) is 11.6 Å². The van der Waals surface area contributed by atoms with Gasteiger partial charge in [-0.1, -0.05) is 19.1 Å². The van der Waals surface area contributed by atoms with Crippen molar-refractivity contribution < 1.29 is 4.39 Å². The van der Waals surface area contributed by atoms with E-state index in [0.717, 1.165) is 23.3 Å². The Morgan fingerprint density at radius 1 is 1.32 bits per heavy atom. The average Bonchev–Trinajstić information content (AvgIpc) is 2.60. The SMILES string of the molecule is CCC(C)N/C(=C(/CCl)Cc1c(C)cccc1F)c1nccnc1N. The molecule has 0 bridgehead atoms. The number of allylic oxidation sites excluding steroid dienone is 1. The van der Waals surface area contributed by atoms with E-state index < -0.39 is 0 Å². The molecular formula is C19H24ClFN4. The number of nitrogens with zero attached hydrogens (tertiary/aromatic N) is 2. The summed E-state index contributed by atoms with van der Waals surface area (Å²) in [7, 11) is 0. The minimum Gasteiger partial charge on any atom is -0.382 e. The number of nitrogens with one attached hydrogen (secondary N) is 1. The summed E-state index contributed by atoms with van der Waals surface area (Å²) in [5.41, 5.74) is 9.65. The molecule has 134 valence electrons. The van der Waals surface area contributed by atoms with Crippen LogP contribution >= 0.6 is 11.6 Å². The molecule has 2 rings (SSSR count). The second-order valence-electron chi connectivity index (χ2n) is 6.07. The fraction of sp³-hybridized carbons (Fsp3) is 0.368. The Bertz CT molecular complexity index is 741. The molecule has 0 fully saturated rings. The number of alkyl halides is 1. The molecule has 0 aliphatic rings. The molecule has 0 aliphatic carbocycles. The number of nitrogen functional groups attached to an aromatic ring is 1. The highest BCUT2D eigenvalue weighted by molar-refractivity contribution is 6.20. The molecule has 0 saturated heterocycles. The average molecular weight is 363 g/mol. The lowest BCUT2D eigenvalue weighted by Gasteiger charge is -2.21. The van der Waals surface area contributed by atoms with Gasteiger partial charge in [0, 0.05) is 30.7 Å². The minimum absolute atomic E-state index is 0.191. The topological polar surface area (TPSA) is 63.8 Å². The lowest BCUT2D eigenvalue weighted by atomic mass is 9.98. The molecule has 3 N–H and O–H groups in total. The van der Waals surface area contributed by atoms with Gasteiger partial charge < -0.3 is 11.1 Å². The lowest BCUT2D eigenvalue weighted by molar-refractivity contribution is 0.609. The molecule has 0 aliphatic heterocycles. The molecular weight excluding hydrogens is 339 g/mol. The van der Waals surface area contributed by atoms with Crippen LogP contribution in [0.25, 0.3) is 5.70 Å². The number of aromatic nitrogens is 2. The van der Waals surface area contributed by atoms with Crippen molar-refractivity contribution in [2.75, 3.05) is 11.6 Å². The standard InChI is InChI=1S/C19H24ClFN4/c1-4-13(3)25-17(18-19(22)24-9-8-23-18)14(11-20)10-15-12(2)6-5-7-16(15)21/h5-9,13,25H,4,10-11H2,1-3H3,(H2,22,24)/b17-14+. The molecule has 0 spiro atoms. The first-order valence-electron chi connectivity index (χ1n) is 8.33. The van der Waals surface area contributed by atoms with Gasteiger partial charge in [0.05, 0.1) is 5.70 Å². The van der Waals surface area contributed by atoms with Gasteiger partial charge in [-0.05, 0) is 43.0 Å². The zero-order valence-electron chi connectivity index (χ0n) is 14.8. The van der Waals surface area contributed by atoms with Gasteiger partial charge in [-0.2, -0.15) is 0 Å². The van der Waals surface area contributed by atoms with E-state index in [1.165, 1.54) is 6.07 Å². The van der Waals surface area contributed by atoms with Crippen molar-refractivity contribution >= 4 is 23.1 Å². The van der Waals surface area contributed by atoms with Crippen molar-refractivity contribution in [3.05, 3.63) is 58.8 Å². The lowest BCUT2D eigenvalue weighted by Crippen LogP contribution is -2.27. The van der Waals surface area contributed by atoms with Gasteiger partial charge in [0.15, 0.2) is 5.82 Å². The van der Waals surface area contributed by atoms with Crippen LogP contribution in [-0.4, -0.2) is 21.9 Å². The first-order chi connectivity index (χ1) is 12.0. The van der Waals surface area contributed by atoms with Crippen LogP contribution in [0.4, 0.5) is 10.2 Å². The minimum atomic E-state index is -0.238. The second-order valence-corrected chi connectivity index (χ2v) is 6.34. The van der Waals surface area contributed by atoms with Crippen LogP contribution in [0.2, 0.25) is 0 Å². The Morgan fingerprint density at radius 2 is 2.04 bits per heavy atom. The van der Waals surface area contributed by atoms with Gasteiger partial charge in [-0.3, -0.25) is 0 Å². The van der Waals surface area contributed by atoms with Gasteiger partial charge in [-0.25, -0.2) is 14.4 Å². The molecule has 1 atom stereocenters. The number of aryl methyl sites for hydroxylation is 1. The molecule has 1 aromatic heterocycles.